The van der Waals surface area contributed by atoms with Crippen molar-refractivity contribution in [2.45, 2.75) is 39.7 Å². The number of methoxy groups -OCH3 is 1. The first-order chi connectivity index (χ1) is 7.74. The Labute approximate surface area is 103 Å². The second-order valence-corrected chi connectivity index (χ2v) is 5.12. The highest BCUT2D eigenvalue weighted by Crippen LogP contribution is 2.35. The van der Waals surface area contributed by atoms with Crippen LogP contribution in [0.3, 0.4) is 0 Å². The predicted molar refractivity (Wildman–Crippen MR) is 71.4 cm³/mol. The molecule has 3 heteroatoms. The minimum atomic E-state index is 0.430. The van der Waals surface area contributed by atoms with Crippen molar-refractivity contribution in [3.05, 3.63) is 16.3 Å². The van der Waals surface area contributed by atoms with E-state index in [-0.39, 0.29) is 0 Å². The molecule has 2 unspecified atom stereocenters. The lowest BCUT2D eigenvalue weighted by atomic mass is 9.97. The average molecular weight is 241 g/mol. The number of ether oxygens (including phenoxy) is 1. The van der Waals surface area contributed by atoms with E-state index in [4.69, 9.17) is 4.74 Å². The molecule has 1 aromatic heterocycles. The molecular formula is C13H23NOS. The fourth-order valence-electron chi connectivity index (χ4n) is 1.79. The number of hydrogen-bond acceptors (Lipinski definition) is 3. The molecule has 1 N–H and O–H groups in total. The van der Waals surface area contributed by atoms with Crippen molar-refractivity contribution in [2.24, 2.45) is 5.92 Å². The van der Waals surface area contributed by atoms with E-state index in [1.54, 1.807) is 18.4 Å². The summed E-state index contributed by atoms with van der Waals surface area (Å²) in [7, 11) is 1.75. The van der Waals surface area contributed by atoms with Crippen LogP contribution in [0.2, 0.25) is 0 Å². The molecule has 0 fully saturated rings. The van der Waals surface area contributed by atoms with Gasteiger partial charge >= 0.3 is 0 Å². The van der Waals surface area contributed by atoms with Gasteiger partial charge in [-0.15, -0.1) is 11.3 Å². The zero-order chi connectivity index (χ0) is 12.0. The summed E-state index contributed by atoms with van der Waals surface area (Å²) in [6.07, 6.45) is 2.35. The molecule has 2 atom stereocenters. The van der Waals surface area contributed by atoms with Gasteiger partial charge in [-0.05, 0) is 30.3 Å². The molecular weight excluding hydrogens is 218 g/mol. The van der Waals surface area contributed by atoms with Crippen LogP contribution in [-0.2, 0) is 0 Å². The molecule has 0 saturated heterocycles. The molecule has 0 bridgehead atoms. The van der Waals surface area contributed by atoms with Gasteiger partial charge in [0.1, 0.15) is 5.75 Å². The monoisotopic (exact) mass is 241 g/mol. The van der Waals surface area contributed by atoms with E-state index in [2.05, 4.69) is 37.5 Å². The Hall–Kier alpha value is -0.540. The van der Waals surface area contributed by atoms with Crippen molar-refractivity contribution >= 4 is 11.3 Å². The van der Waals surface area contributed by atoms with Gasteiger partial charge in [0.2, 0.25) is 0 Å². The molecule has 1 heterocycles. The van der Waals surface area contributed by atoms with Gasteiger partial charge in [0.25, 0.3) is 0 Å². The molecule has 0 aromatic carbocycles. The Morgan fingerprint density at radius 2 is 2.19 bits per heavy atom. The van der Waals surface area contributed by atoms with E-state index in [1.807, 2.05) is 0 Å². The van der Waals surface area contributed by atoms with Gasteiger partial charge in [-0.2, -0.15) is 0 Å². The Morgan fingerprint density at radius 3 is 2.75 bits per heavy atom. The Kier molecular flexibility index (Phi) is 5.85. The van der Waals surface area contributed by atoms with E-state index in [9.17, 15) is 0 Å². The van der Waals surface area contributed by atoms with Crippen molar-refractivity contribution in [3.8, 4) is 5.75 Å². The predicted octanol–water partition coefficient (Wildman–Crippen LogP) is 3.84. The molecule has 0 aliphatic heterocycles. The smallest absolute Gasteiger partial charge is 0.134 e. The van der Waals surface area contributed by atoms with Gasteiger partial charge in [-0.25, -0.2) is 0 Å². The summed E-state index contributed by atoms with van der Waals surface area (Å²) < 4.78 is 5.41. The molecule has 16 heavy (non-hydrogen) atoms. The topological polar surface area (TPSA) is 21.3 Å². The summed E-state index contributed by atoms with van der Waals surface area (Å²) in [5, 5.41) is 5.74. The minimum absolute atomic E-state index is 0.430. The van der Waals surface area contributed by atoms with Gasteiger partial charge in [-0.1, -0.05) is 27.2 Å². The maximum Gasteiger partial charge on any atom is 0.134 e. The summed E-state index contributed by atoms with van der Waals surface area (Å²) >= 11 is 1.79. The third-order valence-corrected chi connectivity index (χ3v) is 3.97. The van der Waals surface area contributed by atoms with Crippen LogP contribution in [0.15, 0.2) is 11.4 Å². The van der Waals surface area contributed by atoms with E-state index < -0.39 is 0 Å². The molecule has 0 aliphatic carbocycles. The maximum absolute atomic E-state index is 5.41. The number of nitrogens with one attached hydrogen (secondary N) is 1. The molecule has 0 radical (unpaired) electrons. The highest BCUT2D eigenvalue weighted by Gasteiger charge is 2.21. The third kappa shape index (κ3) is 3.22. The number of rotatable bonds is 7. The number of thiophene rings is 1. The molecule has 1 rings (SSSR count). The molecule has 0 saturated carbocycles. The average Bonchev–Trinajstić information content (AvgIpc) is 2.77. The lowest BCUT2D eigenvalue weighted by Gasteiger charge is -2.24. The standard InChI is InChI=1S/C13H23NOS/c1-5-8-14-12(10(3)6-2)13-11(15-4)7-9-16-13/h7,9-10,12,14H,5-6,8H2,1-4H3. The first-order valence-corrected chi connectivity index (χ1v) is 6.97. The molecule has 0 spiro atoms. The summed E-state index contributed by atoms with van der Waals surface area (Å²) in [6.45, 7) is 7.81. The van der Waals surface area contributed by atoms with Crippen LogP contribution in [0.4, 0.5) is 0 Å². The Balaban J connectivity index is 2.82. The van der Waals surface area contributed by atoms with Crippen molar-refractivity contribution in [3.63, 3.8) is 0 Å². The van der Waals surface area contributed by atoms with Gasteiger partial charge in [0.05, 0.1) is 12.0 Å². The summed E-state index contributed by atoms with van der Waals surface area (Å²) in [6, 6.07) is 2.49. The summed E-state index contributed by atoms with van der Waals surface area (Å²) in [5.74, 6) is 1.66. The molecule has 0 amide bonds. The van der Waals surface area contributed by atoms with Gasteiger partial charge < -0.3 is 10.1 Å². The van der Waals surface area contributed by atoms with Crippen LogP contribution in [0, 0.1) is 5.92 Å². The van der Waals surface area contributed by atoms with E-state index in [0.717, 1.165) is 12.3 Å². The van der Waals surface area contributed by atoms with Crippen molar-refractivity contribution < 1.29 is 4.74 Å². The van der Waals surface area contributed by atoms with E-state index in [0.29, 0.717) is 12.0 Å². The molecule has 92 valence electrons. The first kappa shape index (κ1) is 13.5. The SMILES string of the molecule is CCCNC(c1sccc1OC)C(C)CC. The highest BCUT2D eigenvalue weighted by atomic mass is 32.1. The molecule has 2 nitrogen and oxygen atoms in total. The zero-order valence-electron chi connectivity index (χ0n) is 10.7. The van der Waals surface area contributed by atoms with Crippen LogP contribution in [0.5, 0.6) is 5.75 Å². The van der Waals surface area contributed by atoms with Crippen LogP contribution in [0.25, 0.3) is 0 Å². The largest absolute Gasteiger partial charge is 0.496 e. The van der Waals surface area contributed by atoms with Crippen LogP contribution in [-0.4, -0.2) is 13.7 Å². The lowest BCUT2D eigenvalue weighted by Crippen LogP contribution is -2.27. The second-order valence-electron chi connectivity index (χ2n) is 4.17. The van der Waals surface area contributed by atoms with Gasteiger partial charge in [0.15, 0.2) is 0 Å². The van der Waals surface area contributed by atoms with E-state index in [1.165, 1.54) is 17.7 Å². The second kappa shape index (κ2) is 6.92. The van der Waals surface area contributed by atoms with E-state index >= 15 is 0 Å². The summed E-state index contributed by atoms with van der Waals surface area (Å²) in [4.78, 5) is 1.34. The van der Waals surface area contributed by atoms with Crippen molar-refractivity contribution in [1.82, 2.24) is 5.32 Å². The molecule has 0 aliphatic rings. The highest BCUT2D eigenvalue weighted by molar-refractivity contribution is 7.10. The van der Waals surface area contributed by atoms with Gasteiger partial charge in [0, 0.05) is 6.04 Å². The fourth-order valence-corrected chi connectivity index (χ4v) is 2.86. The van der Waals surface area contributed by atoms with Gasteiger partial charge in [-0.3, -0.25) is 0 Å². The third-order valence-electron chi connectivity index (χ3n) is 2.99. The summed E-state index contributed by atoms with van der Waals surface area (Å²) in [5.41, 5.74) is 0. The van der Waals surface area contributed by atoms with Crippen molar-refractivity contribution in [1.29, 1.82) is 0 Å². The lowest BCUT2D eigenvalue weighted by molar-refractivity contribution is 0.358. The van der Waals surface area contributed by atoms with Crippen LogP contribution < -0.4 is 10.1 Å². The van der Waals surface area contributed by atoms with Crippen LogP contribution in [0.1, 0.15) is 44.5 Å². The Bertz CT molecular complexity index is 298. The fraction of sp³-hybridized carbons (Fsp3) is 0.692. The van der Waals surface area contributed by atoms with Crippen molar-refractivity contribution in [2.75, 3.05) is 13.7 Å². The Morgan fingerprint density at radius 1 is 1.44 bits per heavy atom. The minimum Gasteiger partial charge on any atom is -0.496 e. The quantitative estimate of drug-likeness (QED) is 0.783. The first-order valence-electron chi connectivity index (χ1n) is 6.09. The number of hydrogen-bond donors (Lipinski definition) is 1. The maximum atomic E-state index is 5.41. The molecule has 1 aromatic rings. The normalized spacial score (nSPS) is 14.8. The van der Waals surface area contributed by atoms with Crippen LogP contribution >= 0.6 is 11.3 Å². The zero-order valence-corrected chi connectivity index (χ0v) is 11.6.